The average Bonchev–Trinajstić information content (AvgIpc) is 2.89. The van der Waals surface area contributed by atoms with E-state index >= 15 is 0 Å². The molecule has 1 aromatic carbocycles. The van der Waals surface area contributed by atoms with Crippen LogP contribution in [-0.4, -0.2) is 24.7 Å². The largest absolute Gasteiger partial charge is 0.327 e. The summed E-state index contributed by atoms with van der Waals surface area (Å²) in [5.41, 5.74) is 9.63. The molecule has 0 atom stereocenters. The SMILES string of the molecule is Cl.Cn1c2ccccc2c2nnc(NNCc3ccccn3)nc21. The number of para-hydroxylation sites is 1. The molecule has 4 aromatic rings. The number of halogens is 1. The van der Waals surface area contributed by atoms with E-state index in [9.17, 15) is 0 Å². The first kappa shape index (κ1) is 16.1. The van der Waals surface area contributed by atoms with Gasteiger partial charge in [0.15, 0.2) is 5.65 Å². The summed E-state index contributed by atoms with van der Waals surface area (Å²) < 4.78 is 2.02. The fourth-order valence-electron chi connectivity index (χ4n) is 2.58. The lowest BCUT2D eigenvalue weighted by Gasteiger charge is -2.06. The van der Waals surface area contributed by atoms with E-state index in [1.807, 2.05) is 54.1 Å². The van der Waals surface area contributed by atoms with Crippen LogP contribution >= 0.6 is 12.4 Å². The van der Waals surface area contributed by atoms with Crippen molar-refractivity contribution in [3.63, 3.8) is 0 Å². The normalized spacial score (nSPS) is 10.7. The first-order valence-corrected chi connectivity index (χ1v) is 7.29. The monoisotopic (exact) mass is 341 g/mol. The van der Waals surface area contributed by atoms with Crippen LogP contribution in [0, 0.1) is 0 Å². The van der Waals surface area contributed by atoms with Gasteiger partial charge in [0.1, 0.15) is 5.52 Å². The highest BCUT2D eigenvalue weighted by molar-refractivity contribution is 6.04. The third-order valence-corrected chi connectivity index (χ3v) is 3.70. The van der Waals surface area contributed by atoms with Crippen molar-refractivity contribution in [2.75, 3.05) is 5.43 Å². The summed E-state index contributed by atoms with van der Waals surface area (Å²) in [5, 5.41) is 9.49. The van der Waals surface area contributed by atoms with Crippen LogP contribution < -0.4 is 10.9 Å². The molecule has 4 rings (SSSR count). The first-order valence-electron chi connectivity index (χ1n) is 7.29. The van der Waals surface area contributed by atoms with Crippen molar-refractivity contribution in [1.82, 2.24) is 30.2 Å². The molecule has 0 fully saturated rings. The molecule has 0 aliphatic heterocycles. The number of rotatable bonds is 4. The van der Waals surface area contributed by atoms with Crippen LogP contribution in [0.5, 0.6) is 0 Å². The Morgan fingerprint density at radius 3 is 2.71 bits per heavy atom. The van der Waals surface area contributed by atoms with E-state index < -0.39 is 0 Å². The van der Waals surface area contributed by atoms with Crippen LogP contribution in [0.15, 0.2) is 48.7 Å². The van der Waals surface area contributed by atoms with Gasteiger partial charge in [-0.2, -0.15) is 4.98 Å². The van der Waals surface area contributed by atoms with Gasteiger partial charge < -0.3 is 4.57 Å². The van der Waals surface area contributed by atoms with Gasteiger partial charge >= 0.3 is 0 Å². The van der Waals surface area contributed by atoms with Crippen LogP contribution in [0.1, 0.15) is 5.69 Å². The van der Waals surface area contributed by atoms with Crippen LogP contribution in [0.25, 0.3) is 22.1 Å². The molecular formula is C16H16ClN7. The van der Waals surface area contributed by atoms with Crippen molar-refractivity contribution in [2.45, 2.75) is 6.54 Å². The number of anilines is 1. The molecule has 0 saturated carbocycles. The van der Waals surface area contributed by atoms with Gasteiger partial charge in [-0.3, -0.25) is 10.4 Å². The van der Waals surface area contributed by atoms with Gasteiger partial charge in [-0.25, -0.2) is 5.43 Å². The number of benzene rings is 1. The topological polar surface area (TPSA) is 80.5 Å². The number of nitrogens with one attached hydrogen (secondary N) is 2. The lowest BCUT2D eigenvalue weighted by molar-refractivity contribution is 0.758. The number of fused-ring (bicyclic) bond motifs is 3. The number of hydrazine groups is 1. The second kappa shape index (κ2) is 6.77. The van der Waals surface area contributed by atoms with E-state index in [0.29, 0.717) is 12.5 Å². The smallest absolute Gasteiger partial charge is 0.259 e. The summed E-state index contributed by atoms with van der Waals surface area (Å²) in [5.74, 6) is 0.430. The molecule has 24 heavy (non-hydrogen) atoms. The lowest BCUT2D eigenvalue weighted by atomic mass is 10.2. The molecule has 0 unspecified atom stereocenters. The molecule has 2 N–H and O–H groups in total. The predicted molar refractivity (Wildman–Crippen MR) is 95.8 cm³/mol. The summed E-state index contributed by atoms with van der Waals surface area (Å²) >= 11 is 0. The minimum absolute atomic E-state index is 0. The fourth-order valence-corrected chi connectivity index (χ4v) is 2.58. The Morgan fingerprint density at radius 1 is 1.04 bits per heavy atom. The Labute approximate surface area is 144 Å². The van der Waals surface area contributed by atoms with Gasteiger partial charge in [0.05, 0.1) is 17.8 Å². The maximum atomic E-state index is 4.54. The molecular weight excluding hydrogens is 326 g/mol. The second-order valence-electron chi connectivity index (χ2n) is 5.18. The van der Waals surface area contributed by atoms with Crippen molar-refractivity contribution >= 4 is 40.4 Å². The molecule has 0 aliphatic carbocycles. The summed E-state index contributed by atoms with van der Waals surface area (Å²) in [6, 6.07) is 13.8. The number of pyridine rings is 1. The molecule has 0 saturated heterocycles. The quantitative estimate of drug-likeness (QED) is 0.555. The third kappa shape index (κ3) is 2.86. The van der Waals surface area contributed by atoms with Gasteiger partial charge in [0, 0.05) is 18.6 Å². The molecule has 3 heterocycles. The predicted octanol–water partition coefficient (Wildman–Crippen LogP) is 2.45. The van der Waals surface area contributed by atoms with E-state index in [1.54, 1.807) is 6.20 Å². The summed E-state index contributed by atoms with van der Waals surface area (Å²) in [4.78, 5) is 8.78. The second-order valence-corrected chi connectivity index (χ2v) is 5.18. The van der Waals surface area contributed by atoms with Gasteiger partial charge in [0.2, 0.25) is 0 Å². The summed E-state index contributed by atoms with van der Waals surface area (Å²) in [6.07, 6.45) is 1.76. The van der Waals surface area contributed by atoms with Gasteiger partial charge in [-0.05, 0) is 18.2 Å². The Hall–Kier alpha value is -2.77. The lowest BCUT2D eigenvalue weighted by Crippen LogP contribution is -2.23. The molecule has 122 valence electrons. The zero-order valence-electron chi connectivity index (χ0n) is 13.0. The number of hydrogen-bond donors (Lipinski definition) is 2. The highest BCUT2D eigenvalue weighted by Gasteiger charge is 2.11. The minimum atomic E-state index is 0. The number of hydrogen-bond acceptors (Lipinski definition) is 6. The molecule has 0 bridgehead atoms. The van der Waals surface area contributed by atoms with Crippen molar-refractivity contribution in [1.29, 1.82) is 0 Å². The van der Waals surface area contributed by atoms with Crippen LogP contribution in [0.3, 0.4) is 0 Å². The molecule has 0 amide bonds. The summed E-state index contributed by atoms with van der Waals surface area (Å²) in [6.45, 7) is 0.567. The van der Waals surface area contributed by atoms with Crippen molar-refractivity contribution < 1.29 is 0 Å². The van der Waals surface area contributed by atoms with E-state index in [1.165, 1.54) is 0 Å². The van der Waals surface area contributed by atoms with Gasteiger partial charge in [-0.1, -0.05) is 24.3 Å². The first-order chi connectivity index (χ1) is 11.3. The number of aromatic nitrogens is 5. The standard InChI is InChI=1S/C16H15N7.ClH/c1-23-13-8-3-2-7-12(13)14-15(23)19-16(22-20-14)21-18-10-11-6-4-5-9-17-11;/h2-9,18H,10H2,1H3,(H,19,21,22);1H. The van der Waals surface area contributed by atoms with Gasteiger partial charge in [0.25, 0.3) is 5.95 Å². The Kier molecular flexibility index (Phi) is 4.54. The molecule has 7 nitrogen and oxygen atoms in total. The highest BCUT2D eigenvalue weighted by atomic mass is 35.5. The van der Waals surface area contributed by atoms with Gasteiger partial charge in [-0.15, -0.1) is 22.6 Å². The van der Waals surface area contributed by atoms with Crippen LogP contribution in [0.4, 0.5) is 5.95 Å². The zero-order valence-corrected chi connectivity index (χ0v) is 13.8. The Bertz CT molecular complexity index is 968. The van der Waals surface area contributed by atoms with Crippen molar-refractivity contribution in [2.24, 2.45) is 7.05 Å². The zero-order chi connectivity index (χ0) is 15.6. The highest BCUT2D eigenvalue weighted by Crippen LogP contribution is 2.24. The fraction of sp³-hybridized carbons (Fsp3) is 0.125. The van der Waals surface area contributed by atoms with E-state index in [4.69, 9.17) is 0 Å². The Balaban J connectivity index is 0.00000169. The van der Waals surface area contributed by atoms with Crippen LogP contribution in [-0.2, 0) is 13.6 Å². The maximum Gasteiger partial charge on any atom is 0.259 e. The summed E-state index contributed by atoms with van der Waals surface area (Å²) in [7, 11) is 1.98. The van der Waals surface area contributed by atoms with E-state index in [-0.39, 0.29) is 12.4 Å². The average molecular weight is 342 g/mol. The molecule has 0 aliphatic rings. The van der Waals surface area contributed by atoms with E-state index in [0.717, 1.165) is 27.8 Å². The molecule has 0 radical (unpaired) electrons. The minimum Gasteiger partial charge on any atom is -0.327 e. The molecule has 0 spiro atoms. The number of nitrogens with zero attached hydrogens (tertiary/aromatic N) is 5. The molecule has 3 aromatic heterocycles. The van der Waals surface area contributed by atoms with Crippen molar-refractivity contribution in [3.8, 4) is 0 Å². The van der Waals surface area contributed by atoms with Crippen molar-refractivity contribution in [3.05, 3.63) is 54.4 Å². The third-order valence-electron chi connectivity index (χ3n) is 3.70. The Morgan fingerprint density at radius 2 is 1.88 bits per heavy atom. The van der Waals surface area contributed by atoms with E-state index in [2.05, 4.69) is 31.0 Å². The number of aryl methyl sites for hydroxylation is 1. The van der Waals surface area contributed by atoms with Crippen LogP contribution in [0.2, 0.25) is 0 Å². The maximum absolute atomic E-state index is 4.54. The molecule has 8 heteroatoms.